The van der Waals surface area contributed by atoms with Crippen LogP contribution in [-0.2, 0) is 14.8 Å². The highest BCUT2D eigenvalue weighted by molar-refractivity contribution is 9.10. The summed E-state index contributed by atoms with van der Waals surface area (Å²) in [4.78, 5) is 16.3. The average molecular weight is 510 g/mol. The van der Waals surface area contributed by atoms with Crippen molar-refractivity contribution in [1.82, 2.24) is 18.9 Å². The molecule has 0 radical (unpaired) electrons. The lowest BCUT2D eigenvalue weighted by molar-refractivity contribution is -0.142. The standard InChI is InChI=1S/C20H24BrN5O4S/c1-4-5-6-7-12(2)14-10-23-26-18(22)16(21)17(24-19(14)26)13-8-9-15(20(27)28)25(11-13)31(3,29)30/h4-7,10,13,15H,2,8-9,11,22H2,1,3H3,(H,27,28)/b5-4-,7-6+. The number of fused-ring (bicyclic) bond motifs is 1. The molecule has 0 amide bonds. The summed E-state index contributed by atoms with van der Waals surface area (Å²) in [6.07, 6.45) is 10.7. The Kier molecular flexibility index (Phi) is 6.68. The molecule has 0 saturated carbocycles. The van der Waals surface area contributed by atoms with E-state index in [1.807, 2.05) is 31.2 Å². The highest BCUT2D eigenvalue weighted by atomic mass is 79.9. The maximum atomic E-state index is 12.2. The van der Waals surface area contributed by atoms with Crippen LogP contribution in [0.25, 0.3) is 11.2 Å². The summed E-state index contributed by atoms with van der Waals surface area (Å²) >= 11 is 3.47. The molecule has 0 bridgehead atoms. The van der Waals surface area contributed by atoms with Crippen LogP contribution in [-0.4, -0.2) is 57.2 Å². The smallest absolute Gasteiger partial charge is 0.322 e. The van der Waals surface area contributed by atoms with Gasteiger partial charge in [-0.1, -0.05) is 30.9 Å². The van der Waals surface area contributed by atoms with Gasteiger partial charge < -0.3 is 10.8 Å². The highest BCUT2D eigenvalue weighted by Crippen LogP contribution is 2.37. The van der Waals surface area contributed by atoms with E-state index in [1.54, 1.807) is 6.20 Å². The van der Waals surface area contributed by atoms with Crippen LogP contribution in [0.3, 0.4) is 0 Å². The van der Waals surface area contributed by atoms with Crippen LogP contribution >= 0.6 is 15.9 Å². The molecular formula is C20H24BrN5O4S. The number of sulfonamides is 1. The second-order valence-corrected chi connectivity index (χ2v) is 10.1. The zero-order valence-corrected chi connectivity index (χ0v) is 19.6. The molecule has 166 valence electrons. The van der Waals surface area contributed by atoms with Crippen LogP contribution in [0.4, 0.5) is 5.82 Å². The molecule has 1 fully saturated rings. The zero-order valence-electron chi connectivity index (χ0n) is 17.2. The second kappa shape index (κ2) is 8.93. The van der Waals surface area contributed by atoms with Crippen LogP contribution in [0.1, 0.15) is 36.9 Å². The van der Waals surface area contributed by atoms with E-state index in [1.165, 1.54) is 4.52 Å². The van der Waals surface area contributed by atoms with Gasteiger partial charge in [-0.05, 0) is 41.3 Å². The van der Waals surface area contributed by atoms with Crippen molar-refractivity contribution in [3.05, 3.63) is 52.8 Å². The zero-order chi connectivity index (χ0) is 22.9. The van der Waals surface area contributed by atoms with Crippen molar-refractivity contribution in [2.75, 3.05) is 18.5 Å². The van der Waals surface area contributed by atoms with Gasteiger partial charge in [-0.25, -0.2) is 13.4 Å². The number of halogens is 1. The molecule has 0 aliphatic carbocycles. The molecule has 1 aliphatic rings. The summed E-state index contributed by atoms with van der Waals surface area (Å²) in [5, 5.41) is 13.8. The maximum Gasteiger partial charge on any atom is 0.322 e. The SMILES string of the molecule is C=C(/C=C/C=C\C)c1cnn2c(N)c(Br)c(C3CCC(C(=O)O)N(S(C)(=O)=O)C3)nc12. The first-order valence-electron chi connectivity index (χ1n) is 9.57. The van der Waals surface area contributed by atoms with Crippen molar-refractivity contribution in [3.63, 3.8) is 0 Å². The van der Waals surface area contributed by atoms with Crippen LogP contribution in [0.5, 0.6) is 0 Å². The summed E-state index contributed by atoms with van der Waals surface area (Å²) in [5.41, 5.74) is 8.74. The number of carbonyl (C=O) groups is 1. The summed E-state index contributed by atoms with van der Waals surface area (Å²) in [7, 11) is -3.72. The van der Waals surface area contributed by atoms with Gasteiger partial charge in [0.2, 0.25) is 10.0 Å². The Balaban J connectivity index is 2.06. The molecule has 11 heteroatoms. The summed E-state index contributed by atoms with van der Waals surface area (Å²) in [6.45, 7) is 5.98. The molecule has 0 spiro atoms. The first-order chi connectivity index (χ1) is 14.6. The van der Waals surface area contributed by atoms with Gasteiger partial charge in [0.05, 0.1) is 22.6 Å². The number of nitrogens with zero attached hydrogens (tertiary/aromatic N) is 4. The van der Waals surface area contributed by atoms with E-state index in [0.29, 0.717) is 39.2 Å². The van der Waals surface area contributed by atoms with Crippen LogP contribution in [0.2, 0.25) is 0 Å². The van der Waals surface area contributed by atoms with Crippen molar-refractivity contribution in [3.8, 4) is 0 Å². The monoisotopic (exact) mass is 509 g/mol. The molecule has 1 saturated heterocycles. The van der Waals surface area contributed by atoms with E-state index in [-0.39, 0.29) is 18.9 Å². The summed E-state index contributed by atoms with van der Waals surface area (Å²) in [6, 6.07) is -1.09. The van der Waals surface area contributed by atoms with Gasteiger partial charge in [0.25, 0.3) is 0 Å². The molecule has 3 rings (SSSR count). The van der Waals surface area contributed by atoms with E-state index < -0.39 is 22.0 Å². The molecule has 2 aromatic heterocycles. The van der Waals surface area contributed by atoms with Gasteiger partial charge in [0, 0.05) is 18.0 Å². The summed E-state index contributed by atoms with van der Waals surface area (Å²) < 4.78 is 27.5. The number of hydrogen-bond acceptors (Lipinski definition) is 6. The van der Waals surface area contributed by atoms with Crippen LogP contribution in [0.15, 0.2) is 41.6 Å². The van der Waals surface area contributed by atoms with Crippen LogP contribution in [0, 0.1) is 0 Å². The fourth-order valence-corrected chi connectivity index (χ4v) is 5.35. The van der Waals surface area contributed by atoms with Gasteiger partial charge in [-0.2, -0.15) is 13.9 Å². The average Bonchev–Trinajstić information content (AvgIpc) is 3.14. The molecule has 0 aromatic carbocycles. The molecule has 9 nitrogen and oxygen atoms in total. The fourth-order valence-electron chi connectivity index (χ4n) is 3.66. The number of aliphatic carboxylic acids is 1. The molecule has 3 heterocycles. The minimum absolute atomic E-state index is 0.00261. The number of nitrogen functional groups attached to an aromatic ring is 1. The Morgan fingerprint density at radius 3 is 2.71 bits per heavy atom. The van der Waals surface area contributed by atoms with Gasteiger partial charge in [0.15, 0.2) is 5.65 Å². The Bertz CT molecular complexity index is 1200. The Morgan fingerprint density at radius 1 is 1.39 bits per heavy atom. The number of anilines is 1. The number of aromatic nitrogens is 3. The number of piperidine rings is 1. The number of carboxylic acids is 1. The number of nitrogens with two attached hydrogens (primary N) is 1. The predicted octanol–water partition coefficient (Wildman–Crippen LogP) is 2.81. The van der Waals surface area contributed by atoms with Gasteiger partial charge in [0.1, 0.15) is 11.9 Å². The third kappa shape index (κ3) is 4.58. The number of allylic oxidation sites excluding steroid dienone is 5. The molecule has 2 atom stereocenters. The van der Waals surface area contributed by atoms with Crippen molar-refractivity contribution in [2.45, 2.75) is 31.7 Å². The minimum Gasteiger partial charge on any atom is -0.480 e. The fraction of sp³-hybridized carbons (Fsp3) is 0.350. The molecular weight excluding hydrogens is 486 g/mol. The topological polar surface area (TPSA) is 131 Å². The first kappa shape index (κ1) is 23.2. The number of hydrogen-bond donors (Lipinski definition) is 2. The van der Waals surface area contributed by atoms with E-state index in [0.717, 1.165) is 10.6 Å². The van der Waals surface area contributed by atoms with E-state index in [2.05, 4.69) is 27.6 Å². The van der Waals surface area contributed by atoms with Crippen LogP contribution < -0.4 is 5.73 Å². The maximum absolute atomic E-state index is 12.2. The largest absolute Gasteiger partial charge is 0.480 e. The molecule has 2 unspecified atom stereocenters. The summed E-state index contributed by atoms with van der Waals surface area (Å²) in [5.74, 6) is -1.17. The van der Waals surface area contributed by atoms with E-state index >= 15 is 0 Å². The lowest BCUT2D eigenvalue weighted by Gasteiger charge is -2.35. The molecule has 31 heavy (non-hydrogen) atoms. The van der Waals surface area contributed by atoms with Crippen molar-refractivity contribution >= 4 is 49.0 Å². The lowest BCUT2D eigenvalue weighted by Crippen LogP contribution is -2.49. The second-order valence-electron chi connectivity index (χ2n) is 7.36. The highest BCUT2D eigenvalue weighted by Gasteiger charge is 2.40. The first-order valence-corrected chi connectivity index (χ1v) is 12.2. The van der Waals surface area contributed by atoms with Gasteiger partial charge in [-0.15, -0.1) is 0 Å². The molecule has 1 aliphatic heterocycles. The van der Waals surface area contributed by atoms with Crippen molar-refractivity contribution in [2.24, 2.45) is 0 Å². The minimum atomic E-state index is -3.72. The molecule has 3 N–H and O–H groups in total. The number of carboxylic acid groups (broad SMARTS) is 1. The van der Waals surface area contributed by atoms with Gasteiger partial charge >= 0.3 is 5.97 Å². The van der Waals surface area contributed by atoms with E-state index in [9.17, 15) is 18.3 Å². The Hall–Kier alpha value is -2.50. The van der Waals surface area contributed by atoms with E-state index in [4.69, 9.17) is 10.7 Å². The lowest BCUT2D eigenvalue weighted by atomic mass is 9.91. The van der Waals surface area contributed by atoms with Crippen molar-refractivity contribution in [1.29, 1.82) is 0 Å². The Morgan fingerprint density at radius 2 is 2.10 bits per heavy atom. The van der Waals surface area contributed by atoms with Gasteiger partial charge in [-0.3, -0.25) is 4.79 Å². The predicted molar refractivity (Wildman–Crippen MR) is 123 cm³/mol. The number of rotatable bonds is 6. The third-order valence-electron chi connectivity index (χ3n) is 5.23. The third-order valence-corrected chi connectivity index (χ3v) is 7.30. The van der Waals surface area contributed by atoms with Crippen molar-refractivity contribution < 1.29 is 18.3 Å². The quantitative estimate of drug-likeness (QED) is 0.572. The molecule has 2 aromatic rings. The normalized spacial score (nSPS) is 20.7. The Labute approximate surface area is 189 Å².